The Morgan fingerprint density at radius 1 is 1.12 bits per heavy atom. The van der Waals surface area contributed by atoms with E-state index in [9.17, 15) is 9.59 Å². The summed E-state index contributed by atoms with van der Waals surface area (Å²) in [5.41, 5.74) is 4.59. The maximum Gasteiger partial charge on any atom is 0.318 e. The Morgan fingerprint density at radius 2 is 1.92 bits per heavy atom. The van der Waals surface area contributed by atoms with Gasteiger partial charge in [0.2, 0.25) is 5.91 Å². The van der Waals surface area contributed by atoms with Crippen molar-refractivity contribution in [3.63, 3.8) is 0 Å². The van der Waals surface area contributed by atoms with Crippen LogP contribution in [0.2, 0.25) is 0 Å². The Labute approximate surface area is 151 Å². The van der Waals surface area contributed by atoms with Crippen LogP contribution in [0.15, 0.2) is 42.5 Å². The van der Waals surface area contributed by atoms with Crippen molar-refractivity contribution in [3.8, 4) is 11.5 Å². The van der Waals surface area contributed by atoms with Crippen molar-refractivity contribution in [1.29, 1.82) is 0 Å². The van der Waals surface area contributed by atoms with Gasteiger partial charge in [-0.15, -0.1) is 0 Å². The molecule has 0 saturated carbocycles. The van der Waals surface area contributed by atoms with E-state index in [0.29, 0.717) is 30.0 Å². The number of hydrogen-bond acceptors (Lipinski definition) is 4. The minimum Gasteiger partial charge on any atom is -0.457 e. The predicted octanol–water partition coefficient (Wildman–Crippen LogP) is 2.84. The van der Waals surface area contributed by atoms with Crippen molar-refractivity contribution < 1.29 is 19.5 Å². The van der Waals surface area contributed by atoms with Crippen LogP contribution < -0.4 is 20.9 Å². The molecule has 0 heterocycles. The number of rotatable bonds is 4. The van der Waals surface area contributed by atoms with E-state index in [-0.39, 0.29) is 17.9 Å². The molecule has 0 aliphatic heterocycles. The maximum absolute atomic E-state index is 11.7. The number of aryl methyl sites for hydroxylation is 1. The Balaban J connectivity index is 1.74. The first-order chi connectivity index (χ1) is 12.6. The smallest absolute Gasteiger partial charge is 0.318 e. The van der Waals surface area contributed by atoms with Crippen LogP contribution in [-0.4, -0.2) is 24.2 Å². The van der Waals surface area contributed by atoms with Crippen LogP contribution in [-0.2, 0) is 17.6 Å². The average Bonchev–Trinajstić information content (AvgIpc) is 2.67. The van der Waals surface area contributed by atoms with Crippen LogP contribution in [0.1, 0.15) is 17.5 Å². The van der Waals surface area contributed by atoms with Gasteiger partial charge >= 0.3 is 6.03 Å². The van der Waals surface area contributed by atoms with Crippen LogP contribution in [0.25, 0.3) is 0 Å². The van der Waals surface area contributed by atoms with Gasteiger partial charge in [-0.05, 0) is 54.7 Å². The molecule has 0 fully saturated rings. The first kappa shape index (κ1) is 17.8. The third kappa shape index (κ3) is 4.12. The normalized spacial score (nSPS) is 15.5. The highest BCUT2D eigenvalue weighted by atomic mass is 16.5. The third-order valence-electron chi connectivity index (χ3n) is 4.44. The molecule has 3 rings (SSSR count). The molecule has 7 heteroatoms. The summed E-state index contributed by atoms with van der Waals surface area (Å²) in [6.07, 6.45) is 2.07. The van der Waals surface area contributed by atoms with Gasteiger partial charge in [0.15, 0.2) is 0 Å². The number of urea groups is 1. The largest absolute Gasteiger partial charge is 0.457 e. The molecular formula is C19H21N3O4. The fourth-order valence-electron chi connectivity index (χ4n) is 3.08. The molecule has 0 saturated heterocycles. The lowest BCUT2D eigenvalue weighted by Crippen LogP contribution is -2.31. The molecule has 2 aromatic carbocycles. The Morgan fingerprint density at radius 3 is 2.69 bits per heavy atom. The van der Waals surface area contributed by atoms with Gasteiger partial charge in [-0.1, -0.05) is 12.1 Å². The van der Waals surface area contributed by atoms with Crippen LogP contribution in [0.3, 0.4) is 0 Å². The predicted molar refractivity (Wildman–Crippen MR) is 96.5 cm³/mol. The minimum absolute atomic E-state index is 0.233. The van der Waals surface area contributed by atoms with Crippen molar-refractivity contribution in [1.82, 2.24) is 10.8 Å². The number of carbonyl (C=O) groups is 2. The summed E-state index contributed by atoms with van der Waals surface area (Å²) in [5, 5.41) is 14.0. The van der Waals surface area contributed by atoms with Gasteiger partial charge in [-0.25, -0.2) is 10.3 Å². The second-order valence-electron chi connectivity index (χ2n) is 6.18. The number of carbonyl (C=O) groups excluding carboxylic acids is 2. The summed E-state index contributed by atoms with van der Waals surface area (Å²) in [7, 11) is 1.55. The monoisotopic (exact) mass is 355 g/mol. The number of fused-ring (bicyclic) bond motifs is 1. The second-order valence-corrected chi connectivity index (χ2v) is 6.18. The number of amides is 3. The van der Waals surface area contributed by atoms with Gasteiger partial charge < -0.3 is 15.4 Å². The SMILES string of the molecule is CNC(=O)Nc1cccc(Oc2ccc3c(c2)CC(C(=O)NO)CC3)c1. The number of nitrogens with one attached hydrogen (secondary N) is 3. The number of hydroxylamine groups is 1. The Bertz CT molecular complexity index is 822. The fraction of sp³-hybridized carbons (Fsp3) is 0.263. The van der Waals surface area contributed by atoms with Crippen molar-refractivity contribution in [2.45, 2.75) is 19.3 Å². The van der Waals surface area contributed by atoms with Crippen molar-refractivity contribution in [2.75, 3.05) is 12.4 Å². The van der Waals surface area contributed by atoms with Gasteiger partial charge in [0.05, 0.1) is 0 Å². The van der Waals surface area contributed by atoms with Gasteiger partial charge in [-0.3, -0.25) is 10.0 Å². The molecule has 7 nitrogen and oxygen atoms in total. The molecule has 0 aromatic heterocycles. The second kappa shape index (κ2) is 7.88. The van der Waals surface area contributed by atoms with Gasteiger partial charge in [0.25, 0.3) is 0 Å². The summed E-state index contributed by atoms with van der Waals surface area (Å²) in [6, 6.07) is 12.6. The summed E-state index contributed by atoms with van der Waals surface area (Å²) >= 11 is 0. The fourth-order valence-corrected chi connectivity index (χ4v) is 3.08. The Kier molecular flexibility index (Phi) is 5.38. The van der Waals surface area contributed by atoms with Crippen molar-refractivity contribution in [2.24, 2.45) is 5.92 Å². The van der Waals surface area contributed by atoms with E-state index in [1.165, 1.54) is 5.56 Å². The van der Waals surface area contributed by atoms with E-state index in [0.717, 1.165) is 12.0 Å². The standard InChI is InChI=1S/C19H21N3O4/c1-20-19(24)21-15-3-2-4-16(11-15)26-17-8-7-12-5-6-13(18(23)22-25)9-14(12)10-17/h2-4,7-8,10-11,13,25H,5-6,9H2,1H3,(H,22,23)(H2,20,21,24). The Hall–Kier alpha value is -3.06. The molecule has 1 aliphatic rings. The first-order valence-electron chi connectivity index (χ1n) is 8.41. The highest BCUT2D eigenvalue weighted by Crippen LogP contribution is 2.31. The average molecular weight is 355 g/mol. The first-order valence-corrected chi connectivity index (χ1v) is 8.41. The number of hydrogen-bond donors (Lipinski definition) is 4. The number of ether oxygens (including phenoxy) is 1. The zero-order valence-electron chi connectivity index (χ0n) is 14.4. The van der Waals surface area contributed by atoms with E-state index in [4.69, 9.17) is 9.94 Å². The summed E-state index contributed by atoms with van der Waals surface area (Å²) in [4.78, 5) is 23.1. The van der Waals surface area contributed by atoms with Gasteiger partial charge in [0, 0.05) is 24.7 Å². The summed E-state index contributed by atoms with van der Waals surface area (Å²) in [5.74, 6) is 0.669. The molecule has 4 N–H and O–H groups in total. The molecule has 2 aromatic rings. The lowest BCUT2D eigenvalue weighted by Gasteiger charge is -2.23. The molecule has 3 amide bonds. The van der Waals surface area contributed by atoms with Gasteiger partial charge in [-0.2, -0.15) is 0 Å². The zero-order valence-corrected chi connectivity index (χ0v) is 14.4. The summed E-state index contributed by atoms with van der Waals surface area (Å²) < 4.78 is 5.90. The molecule has 26 heavy (non-hydrogen) atoms. The van der Waals surface area contributed by atoms with Crippen LogP contribution in [0.5, 0.6) is 11.5 Å². The molecular weight excluding hydrogens is 334 g/mol. The number of anilines is 1. The van der Waals surface area contributed by atoms with Crippen molar-refractivity contribution in [3.05, 3.63) is 53.6 Å². The van der Waals surface area contributed by atoms with E-state index in [2.05, 4.69) is 10.6 Å². The topological polar surface area (TPSA) is 99.7 Å². The maximum atomic E-state index is 11.7. The molecule has 136 valence electrons. The van der Waals surface area contributed by atoms with E-state index in [1.54, 1.807) is 36.8 Å². The van der Waals surface area contributed by atoms with E-state index >= 15 is 0 Å². The van der Waals surface area contributed by atoms with Crippen LogP contribution in [0.4, 0.5) is 10.5 Å². The highest BCUT2D eigenvalue weighted by molar-refractivity contribution is 5.89. The molecule has 1 atom stereocenters. The lowest BCUT2D eigenvalue weighted by molar-refractivity contribution is -0.133. The van der Waals surface area contributed by atoms with Crippen LogP contribution >= 0.6 is 0 Å². The molecule has 1 aliphatic carbocycles. The van der Waals surface area contributed by atoms with Crippen molar-refractivity contribution >= 4 is 17.6 Å². The third-order valence-corrected chi connectivity index (χ3v) is 4.44. The highest BCUT2D eigenvalue weighted by Gasteiger charge is 2.24. The lowest BCUT2D eigenvalue weighted by atomic mass is 9.83. The van der Waals surface area contributed by atoms with E-state index < -0.39 is 0 Å². The number of benzene rings is 2. The van der Waals surface area contributed by atoms with E-state index in [1.807, 2.05) is 18.2 Å². The molecule has 0 bridgehead atoms. The zero-order chi connectivity index (χ0) is 18.5. The minimum atomic E-state index is -0.352. The van der Waals surface area contributed by atoms with Crippen LogP contribution in [0, 0.1) is 5.92 Å². The molecule has 0 spiro atoms. The van der Waals surface area contributed by atoms with Gasteiger partial charge in [0.1, 0.15) is 11.5 Å². The molecule has 0 radical (unpaired) electrons. The quantitative estimate of drug-likeness (QED) is 0.500. The summed E-state index contributed by atoms with van der Waals surface area (Å²) in [6.45, 7) is 0. The molecule has 1 unspecified atom stereocenters.